The van der Waals surface area contributed by atoms with E-state index in [9.17, 15) is 13.2 Å². The van der Waals surface area contributed by atoms with Crippen LogP contribution in [0, 0.1) is 12.8 Å². The summed E-state index contributed by atoms with van der Waals surface area (Å²) in [5, 5.41) is 12.3. The van der Waals surface area contributed by atoms with Gasteiger partial charge in [-0.2, -0.15) is 0 Å². The van der Waals surface area contributed by atoms with Gasteiger partial charge in [0.15, 0.2) is 11.0 Å². The number of rotatable bonds is 9. The number of sulfonamides is 1. The van der Waals surface area contributed by atoms with Gasteiger partial charge in [-0.15, -0.1) is 10.2 Å². The summed E-state index contributed by atoms with van der Waals surface area (Å²) in [6.07, 6.45) is 5.77. The number of nitrogens with one attached hydrogen (secondary N) is 1. The van der Waals surface area contributed by atoms with E-state index in [1.807, 2.05) is 30.5 Å². The van der Waals surface area contributed by atoms with Gasteiger partial charge in [-0.25, -0.2) is 8.42 Å². The fourth-order valence-electron chi connectivity index (χ4n) is 4.01. The number of benzene rings is 1. The molecule has 0 bridgehead atoms. The van der Waals surface area contributed by atoms with E-state index < -0.39 is 10.0 Å². The van der Waals surface area contributed by atoms with Crippen molar-refractivity contribution in [2.24, 2.45) is 5.92 Å². The number of thioether (sulfide) groups is 1. The minimum Gasteiger partial charge on any atom is -0.352 e. The normalized spacial score (nSPS) is 19.0. The quantitative estimate of drug-likeness (QED) is 0.554. The van der Waals surface area contributed by atoms with Crippen molar-refractivity contribution in [3.8, 4) is 0 Å². The van der Waals surface area contributed by atoms with Crippen LogP contribution in [0.15, 0.2) is 29.4 Å². The van der Waals surface area contributed by atoms with E-state index in [4.69, 9.17) is 0 Å². The highest BCUT2D eigenvalue weighted by Gasteiger charge is 2.24. The maximum atomic E-state index is 12.5. The molecule has 3 rings (SSSR count). The second-order valence-electron chi connectivity index (χ2n) is 8.47. The Labute approximate surface area is 195 Å². The second kappa shape index (κ2) is 10.7. The van der Waals surface area contributed by atoms with Gasteiger partial charge in [0.05, 0.1) is 24.2 Å². The molecule has 0 aliphatic heterocycles. The van der Waals surface area contributed by atoms with Crippen molar-refractivity contribution in [3.05, 3.63) is 35.7 Å². The third kappa shape index (κ3) is 6.25. The molecule has 1 aliphatic rings. The maximum Gasteiger partial charge on any atom is 0.232 e. The standard InChI is InChI=1S/C22H33N5O3S2/c1-5-26-20(14-27(32(4,29)30)18-12-10-16(2)11-13-18)24-25-22(26)31-15-21(28)23-19-9-7-6-8-17(19)3/h10-13,17,19H,5-9,14-15H2,1-4H3,(H,23,28)/t17-,19+/m1/s1. The monoisotopic (exact) mass is 479 g/mol. The topological polar surface area (TPSA) is 97.2 Å². The lowest BCUT2D eigenvalue weighted by Gasteiger charge is -2.29. The summed E-state index contributed by atoms with van der Waals surface area (Å²) >= 11 is 1.33. The number of carbonyl (C=O) groups excluding carboxylic acids is 1. The molecule has 0 radical (unpaired) electrons. The van der Waals surface area contributed by atoms with Crippen molar-refractivity contribution in [3.63, 3.8) is 0 Å². The van der Waals surface area contributed by atoms with Crippen molar-refractivity contribution in [2.75, 3.05) is 16.3 Å². The van der Waals surface area contributed by atoms with Crippen molar-refractivity contribution in [1.29, 1.82) is 0 Å². The molecule has 1 N–H and O–H groups in total. The summed E-state index contributed by atoms with van der Waals surface area (Å²) in [4.78, 5) is 12.5. The summed E-state index contributed by atoms with van der Waals surface area (Å²) in [6.45, 7) is 6.76. The first-order valence-corrected chi connectivity index (χ1v) is 13.9. The SMILES string of the molecule is CCn1c(CN(c2ccc(C)cc2)S(C)(=O)=O)nnc1SCC(=O)N[C@H]1CCCC[C@H]1C. The summed E-state index contributed by atoms with van der Waals surface area (Å²) in [5.41, 5.74) is 1.64. The Bertz CT molecular complexity index is 1020. The molecule has 1 amide bonds. The highest BCUT2D eigenvalue weighted by molar-refractivity contribution is 7.99. The highest BCUT2D eigenvalue weighted by Crippen LogP contribution is 2.25. The smallest absolute Gasteiger partial charge is 0.232 e. The molecule has 0 saturated heterocycles. The zero-order valence-electron chi connectivity index (χ0n) is 19.2. The van der Waals surface area contributed by atoms with Gasteiger partial charge in [-0.1, -0.05) is 49.2 Å². The zero-order valence-corrected chi connectivity index (χ0v) is 20.9. The van der Waals surface area contributed by atoms with Crippen LogP contribution in [0.5, 0.6) is 0 Å². The summed E-state index contributed by atoms with van der Waals surface area (Å²) in [7, 11) is -3.51. The van der Waals surface area contributed by atoms with Crippen LogP contribution in [0.3, 0.4) is 0 Å². The third-order valence-electron chi connectivity index (χ3n) is 5.91. The van der Waals surface area contributed by atoms with Crippen molar-refractivity contribution in [2.45, 2.75) is 70.7 Å². The third-order valence-corrected chi connectivity index (χ3v) is 8.01. The molecule has 1 fully saturated rings. The predicted octanol–water partition coefficient (Wildman–Crippen LogP) is 3.36. The molecule has 8 nitrogen and oxygen atoms in total. The van der Waals surface area contributed by atoms with Crippen LogP contribution >= 0.6 is 11.8 Å². The molecular formula is C22H33N5O3S2. The molecule has 1 saturated carbocycles. The number of hydrogen-bond acceptors (Lipinski definition) is 6. The van der Waals surface area contributed by atoms with Gasteiger partial charge in [0.25, 0.3) is 0 Å². The Kier molecular flexibility index (Phi) is 8.21. The fraction of sp³-hybridized carbons (Fsp3) is 0.591. The Morgan fingerprint density at radius 3 is 2.53 bits per heavy atom. The van der Waals surface area contributed by atoms with Gasteiger partial charge >= 0.3 is 0 Å². The number of hydrogen-bond donors (Lipinski definition) is 1. The number of aromatic nitrogens is 3. The minimum absolute atomic E-state index is 0.00151. The molecular weight excluding hydrogens is 446 g/mol. The van der Waals surface area contributed by atoms with Gasteiger partial charge in [-0.05, 0) is 44.7 Å². The van der Waals surface area contributed by atoms with E-state index in [0.717, 1.165) is 24.8 Å². The van der Waals surface area contributed by atoms with Gasteiger partial charge in [0.2, 0.25) is 15.9 Å². The molecule has 2 atom stereocenters. The molecule has 1 heterocycles. The summed E-state index contributed by atoms with van der Waals surface area (Å²) in [6, 6.07) is 7.58. The Hall–Kier alpha value is -2.07. The first-order valence-electron chi connectivity index (χ1n) is 11.1. The highest BCUT2D eigenvalue weighted by atomic mass is 32.2. The lowest BCUT2D eigenvalue weighted by molar-refractivity contribution is -0.119. The molecule has 1 aromatic heterocycles. The molecule has 2 aromatic rings. The van der Waals surface area contributed by atoms with Gasteiger partial charge in [0, 0.05) is 12.6 Å². The lowest BCUT2D eigenvalue weighted by atomic mass is 9.86. The molecule has 1 aromatic carbocycles. The van der Waals surface area contributed by atoms with E-state index in [-0.39, 0.29) is 24.2 Å². The van der Waals surface area contributed by atoms with Crippen LogP contribution in [0.1, 0.15) is 50.9 Å². The Morgan fingerprint density at radius 2 is 1.91 bits per heavy atom. The fourth-order valence-corrected chi connectivity index (χ4v) is 5.70. The molecule has 176 valence electrons. The minimum atomic E-state index is -3.51. The average molecular weight is 480 g/mol. The van der Waals surface area contributed by atoms with Crippen LogP contribution in [0.25, 0.3) is 0 Å². The van der Waals surface area contributed by atoms with Crippen LogP contribution in [-0.4, -0.2) is 47.1 Å². The Balaban J connectivity index is 1.69. The van der Waals surface area contributed by atoms with Crippen molar-refractivity contribution in [1.82, 2.24) is 20.1 Å². The maximum absolute atomic E-state index is 12.5. The summed E-state index contributed by atoms with van der Waals surface area (Å²) in [5.74, 6) is 1.31. The summed E-state index contributed by atoms with van der Waals surface area (Å²) < 4.78 is 28.1. The van der Waals surface area contributed by atoms with Crippen LogP contribution < -0.4 is 9.62 Å². The Morgan fingerprint density at radius 1 is 1.22 bits per heavy atom. The molecule has 0 unspecified atom stereocenters. The number of amides is 1. The van der Waals surface area contributed by atoms with Crippen molar-refractivity contribution < 1.29 is 13.2 Å². The van der Waals surface area contributed by atoms with E-state index in [1.54, 1.807) is 12.1 Å². The second-order valence-corrected chi connectivity index (χ2v) is 11.3. The number of aryl methyl sites for hydroxylation is 1. The van der Waals surface area contributed by atoms with Gasteiger partial charge < -0.3 is 9.88 Å². The number of carbonyl (C=O) groups is 1. The largest absolute Gasteiger partial charge is 0.352 e. The predicted molar refractivity (Wildman–Crippen MR) is 128 cm³/mol. The van der Waals surface area contributed by atoms with E-state index in [1.165, 1.54) is 28.7 Å². The van der Waals surface area contributed by atoms with Gasteiger partial charge in [0.1, 0.15) is 0 Å². The average Bonchev–Trinajstić information content (AvgIpc) is 3.14. The first-order chi connectivity index (χ1) is 15.2. The van der Waals surface area contributed by atoms with E-state index in [0.29, 0.717) is 29.1 Å². The molecule has 10 heteroatoms. The van der Waals surface area contributed by atoms with Crippen LogP contribution in [-0.2, 0) is 27.9 Å². The molecule has 1 aliphatic carbocycles. The van der Waals surface area contributed by atoms with Crippen LogP contribution in [0.4, 0.5) is 5.69 Å². The van der Waals surface area contributed by atoms with E-state index >= 15 is 0 Å². The number of nitrogens with zero attached hydrogens (tertiary/aromatic N) is 4. The molecule has 32 heavy (non-hydrogen) atoms. The first kappa shape index (κ1) is 24.6. The number of anilines is 1. The van der Waals surface area contributed by atoms with Crippen molar-refractivity contribution >= 4 is 33.4 Å². The van der Waals surface area contributed by atoms with E-state index in [2.05, 4.69) is 22.4 Å². The lowest BCUT2D eigenvalue weighted by Crippen LogP contribution is -2.41. The van der Waals surface area contributed by atoms with Gasteiger partial charge in [-0.3, -0.25) is 9.10 Å². The van der Waals surface area contributed by atoms with Crippen LogP contribution in [0.2, 0.25) is 0 Å². The zero-order chi connectivity index (χ0) is 23.3. The molecule has 0 spiro atoms.